The zero-order valence-corrected chi connectivity index (χ0v) is 12.8. The minimum atomic E-state index is -0.532. The quantitative estimate of drug-likeness (QED) is 0.799. The number of nitrogens with zero attached hydrogens (tertiary/aromatic N) is 3. The molecule has 0 aliphatic heterocycles. The van der Waals surface area contributed by atoms with Gasteiger partial charge in [-0.2, -0.15) is 5.10 Å². The molecular formula is C10H9BrClN3O2S. The van der Waals surface area contributed by atoms with E-state index in [2.05, 4.69) is 26.0 Å². The predicted octanol–water partition coefficient (Wildman–Crippen LogP) is 2.96. The minimum absolute atomic E-state index is 0.129. The van der Waals surface area contributed by atoms with Gasteiger partial charge in [0.1, 0.15) is 11.8 Å². The molecule has 96 valence electrons. The van der Waals surface area contributed by atoms with E-state index in [-0.39, 0.29) is 12.3 Å². The molecule has 0 aliphatic rings. The Kier molecular flexibility index (Phi) is 4.04. The molecular weight excluding hydrogens is 342 g/mol. The average molecular weight is 351 g/mol. The highest BCUT2D eigenvalue weighted by molar-refractivity contribution is 9.10. The molecule has 0 bridgehead atoms. The number of ether oxygens (including phenoxy) is 1. The van der Waals surface area contributed by atoms with E-state index >= 15 is 0 Å². The maximum absolute atomic E-state index is 11.8. The Balaban J connectivity index is 2.06. The summed E-state index contributed by atoms with van der Waals surface area (Å²) < 4.78 is 6.95. The van der Waals surface area contributed by atoms with Crippen LogP contribution in [0.15, 0.2) is 9.85 Å². The van der Waals surface area contributed by atoms with Crippen LogP contribution in [0.1, 0.15) is 21.2 Å². The van der Waals surface area contributed by atoms with Crippen molar-refractivity contribution in [3.63, 3.8) is 0 Å². The zero-order chi connectivity index (χ0) is 13.3. The van der Waals surface area contributed by atoms with Crippen molar-refractivity contribution in [3.05, 3.63) is 31.4 Å². The smallest absolute Gasteiger partial charge is 0.360 e. The van der Waals surface area contributed by atoms with Gasteiger partial charge in [-0.25, -0.2) is 9.78 Å². The van der Waals surface area contributed by atoms with E-state index in [9.17, 15) is 4.79 Å². The Morgan fingerprint density at radius 1 is 1.67 bits per heavy atom. The molecule has 0 radical (unpaired) electrons. The number of aryl methyl sites for hydroxylation is 2. The highest BCUT2D eigenvalue weighted by atomic mass is 79.9. The van der Waals surface area contributed by atoms with Gasteiger partial charge in [-0.05, 0) is 22.9 Å². The fourth-order valence-corrected chi connectivity index (χ4v) is 2.51. The molecule has 0 aliphatic carbocycles. The minimum Gasteiger partial charge on any atom is -0.454 e. The van der Waals surface area contributed by atoms with Gasteiger partial charge in [-0.15, -0.1) is 11.3 Å². The molecule has 0 N–H and O–H groups in total. The van der Waals surface area contributed by atoms with E-state index in [1.165, 1.54) is 16.0 Å². The summed E-state index contributed by atoms with van der Waals surface area (Å²) in [5.74, 6) is -0.532. The highest BCUT2D eigenvalue weighted by Gasteiger charge is 2.20. The number of esters is 1. The number of hydrogen-bond donors (Lipinski definition) is 0. The summed E-state index contributed by atoms with van der Waals surface area (Å²) in [5.41, 5.74) is 0.887. The van der Waals surface area contributed by atoms with Crippen molar-refractivity contribution in [1.82, 2.24) is 14.8 Å². The Morgan fingerprint density at radius 3 is 2.89 bits per heavy atom. The highest BCUT2D eigenvalue weighted by Crippen LogP contribution is 2.26. The lowest BCUT2D eigenvalue weighted by Crippen LogP contribution is -2.07. The predicted molar refractivity (Wildman–Crippen MR) is 71.9 cm³/mol. The van der Waals surface area contributed by atoms with Crippen molar-refractivity contribution in [1.29, 1.82) is 0 Å². The molecule has 8 heteroatoms. The molecule has 0 fully saturated rings. The SMILES string of the molecule is Cc1nc(COC(=O)c2nn(C)c(Cl)c2Br)cs1. The topological polar surface area (TPSA) is 57.0 Å². The van der Waals surface area contributed by atoms with Crippen LogP contribution in [0.4, 0.5) is 0 Å². The van der Waals surface area contributed by atoms with Crippen LogP contribution in [-0.4, -0.2) is 20.7 Å². The molecule has 2 heterocycles. The zero-order valence-electron chi connectivity index (χ0n) is 9.61. The fourth-order valence-electron chi connectivity index (χ4n) is 1.29. The maximum Gasteiger partial charge on any atom is 0.360 e. The normalized spacial score (nSPS) is 10.7. The summed E-state index contributed by atoms with van der Waals surface area (Å²) in [6.07, 6.45) is 0. The number of halogens is 2. The number of rotatable bonds is 3. The third kappa shape index (κ3) is 2.73. The Labute approximate surface area is 121 Å². The van der Waals surface area contributed by atoms with Gasteiger partial charge in [-0.1, -0.05) is 11.6 Å². The van der Waals surface area contributed by atoms with Crippen molar-refractivity contribution in [3.8, 4) is 0 Å². The van der Waals surface area contributed by atoms with Crippen LogP contribution in [0.3, 0.4) is 0 Å². The molecule has 2 aromatic heterocycles. The van der Waals surface area contributed by atoms with Gasteiger partial charge in [0.15, 0.2) is 5.69 Å². The van der Waals surface area contributed by atoms with Crippen LogP contribution in [-0.2, 0) is 18.4 Å². The fraction of sp³-hybridized carbons (Fsp3) is 0.300. The van der Waals surface area contributed by atoms with Gasteiger partial charge in [0.2, 0.25) is 0 Å². The number of hydrogen-bond acceptors (Lipinski definition) is 5. The monoisotopic (exact) mass is 349 g/mol. The van der Waals surface area contributed by atoms with Gasteiger partial charge in [0.05, 0.1) is 15.2 Å². The molecule has 2 aromatic rings. The van der Waals surface area contributed by atoms with E-state index in [1.54, 1.807) is 7.05 Å². The Morgan fingerprint density at radius 2 is 2.39 bits per heavy atom. The van der Waals surface area contributed by atoms with Crippen LogP contribution in [0, 0.1) is 6.92 Å². The summed E-state index contributed by atoms with van der Waals surface area (Å²) in [6, 6.07) is 0. The first-order valence-electron chi connectivity index (χ1n) is 4.95. The second-order valence-corrected chi connectivity index (χ2v) is 5.72. The molecule has 0 unspecified atom stereocenters. The van der Waals surface area contributed by atoms with Crippen LogP contribution >= 0.6 is 38.9 Å². The van der Waals surface area contributed by atoms with Gasteiger partial charge >= 0.3 is 5.97 Å². The van der Waals surface area contributed by atoms with Gasteiger partial charge in [-0.3, -0.25) is 4.68 Å². The summed E-state index contributed by atoms with van der Waals surface area (Å²) >= 11 is 10.6. The van der Waals surface area contributed by atoms with Crippen LogP contribution in [0.5, 0.6) is 0 Å². The first kappa shape index (κ1) is 13.5. The first-order valence-corrected chi connectivity index (χ1v) is 7.00. The van der Waals surface area contributed by atoms with Crippen molar-refractivity contribution in [2.24, 2.45) is 7.05 Å². The molecule has 0 saturated carbocycles. The first-order chi connectivity index (χ1) is 8.49. The largest absolute Gasteiger partial charge is 0.454 e. The van der Waals surface area contributed by atoms with Crippen LogP contribution in [0.25, 0.3) is 0 Å². The Bertz CT molecular complexity index is 596. The lowest BCUT2D eigenvalue weighted by atomic mass is 10.4. The van der Waals surface area contributed by atoms with E-state index < -0.39 is 5.97 Å². The van der Waals surface area contributed by atoms with Crippen LogP contribution in [0.2, 0.25) is 5.15 Å². The molecule has 2 rings (SSSR count). The second-order valence-electron chi connectivity index (χ2n) is 3.51. The van der Waals surface area contributed by atoms with Gasteiger partial charge in [0.25, 0.3) is 0 Å². The van der Waals surface area contributed by atoms with Crippen molar-refractivity contribution >= 4 is 44.8 Å². The molecule has 5 nitrogen and oxygen atoms in total. The number of carbonyl (C=O) groups is 1. The molecule has 0 amide bonds. The molecule has 18 heavy (non-hydrogen) atoms. The Hall–Kier alpha value is -0.920. The number of thiazole rings is 1. The van der Waals surface area contributed by atoms with E-state index in [0.29, 0.717) is 9.63 Å². The third-order valence-electron chi connectivity index (χ3n) is 2.13. The molecule has 0 saturated heterocycles. The third-order valence-corrected chi connectivity index (χ3v) is 4.37. The van der Waals surface area contributed by atoms with E-state index in [1.807, 2.05) is 12.3 Å². The van der Waals surface area contributed by atoms with Crippen LogP contribution < -0.4 is 0 Å². The summed E-state index contributed by atoms with van der Waals surface area (Å²) in [5, 5.41) is 7.11. The maximum atomic E-state index is 11.8. The summed E-state index contributed by atoms with van der Waals surface area (Å²) in [6.45, 7) is 2.02. The lowest BCUT2D eigenvalue weighted by molar-refractivity contribution is 0.0459. The average Bonchev–Trinajstić information content (AvgIpc) is 2.86. The lowest BCUT2D eigenvalue weighted by Gasteiger charge is -2.00. The summed E-state index contributed by atoms with van der Waals surface area (Å²) in [7, 11) is 1.65. The number of aromatic nitrogens is 3. The summed E-state index contributed by atoms with van der Waals surface area (Å²) in [4.78, 5) is 16.0. The van der Waals surface area contributed by atoms with Crippen molar-refractivity contribution in [2.75, 3.05) is 0 Å². The van der Waals surface area contributed by atoms with E-state index in [4.69, 9.17) is 16.3 Å². The van der Waals surface area contributed by atoms with E-state index in [0.717, 1.165) is 10.7 Å². The standard InChI is InChI=1S/C10H9BrClN3O2S/c1-5-13-6(4-18-5)3-17-10(16)8-7(11)9(12)15(2)14-8/h4H,3H2,1-2H3. The molecule has 0 aromatic carbocycles. The van der Waals surface area contributed by atoms with Crippen molar-refractivity contribution < 1.29 is 9.53 Å². The van der Waals surface area contributed by atoms with Gasteiger partial charge in [0, 0.05) is 12.4 Å². The second kappa shape index (κ2) is 5.38. The van der Waals surface area contributed by atoms with Gasteiger partial charge < -0.3 is 4.74 Å². The molecule has 0 spiro atoms. The molecule has 0 atom stereocenters. The van der Waals surface area contributed by atoms with Crippen molar-refractivity contribution in [2.45, 2.75) is 13.5 Å². The number of carbonyl (C=O) groups excluding carboxylic acids is 1.